The van der Waals surface area contributed by atoms with E-state index >= 15 is 0 Å². The molecule has 2 aromatic rings. The van der Waals surface area contributed by atoms with Gasteiger partial charge in [0.1, 0.15) is 16.9 Å². The van der Waals surface area contributed by atoms with Crippen LogP contribution in [0.2, 0.25) is 0 Å². The van der Waals surface area contributed by atoms with E-state index in [2.05, 4.69) is 22.5 Å². The fourth-order valence-corrected chi connectivity index (χ4v) is 3.38. The molecule has 1 aromatic carbocycles. The van der Waals surface area contributed by atoms with Gasteiger partial charge in [0.2, 0.25) is 0 Å². The Balaban J connectivity index is 1.69. The summed E-state index contributed by atoms with van der Waals surface area (Å²) in [5.41, 5.74) is 0.827. The first-order valence-electron chi connectivity index (χ1n) is 7.78. The number of thiazole rings is 1. The van der Waals surface area contributed by atoms with Crippen molar-refractivity contribution in [1.29, 1.82) is 0 Å². The number of aliphatic hydroxyl groups is 1. The summed E-state index contributed by atoms with van der Waals surface area (Å²) in [6.45, 7) is 0.922. The molecule has 2 heterocycles. The molecule has 26 heavy (non-hydrogen) atoms. The number of thiocarbonyl (C=S) groups is 1. The number of halogens is 1. The van der Waals surface area contributed by atoms with Crippen LogP contribution in [0.1, 0.15) is 5.01 Å². The summed E-state index contributed by atoms with van der Waals surface area (Å²) in [6.07, 6.45) is 0.660. The molecule has 1 saturated heterocycles. The lowest BCUT2D eigenvalue weighted by atomic mass is 10.2. The molecule has 1 atom stereocenters. The number of aliphatic hydroxyl groups excluding tert-OH is 1. The maximum absolute atomic E-state index is 14.6. The summed E-state index contributed by atoms with van der Waals surface area (Å²) >= 11 is 6.02. The molecule has 138 valence electrons. The number of rotatable bonds is 6. The van der Waals surface area contributed by atoms with E-state index in [-0.39, 0.29) is 18.3 Å². The van der Waals surface area contributed by atoms with E-state index in [1.165, 1.54) is 22.3 Å². The molecule has 3 rings (SSSR count). The van der Waals surface area contributed by atoms with Gasteiger partial charge in [-0.05, 0) is 30.4 Å². The largest absolute Gasteiger partial charge is 0.487 e. The molecule has 10 heteroatoms. The third-order valence-electron chi connectivity index (χ3n) is 3.87. The first-order valence-corrected chi connectivity index (χ1v) is 9.07. The second kappa shape index (κ2) is 7.83. The van der Waals surface area contributed by atoms with Gasteiger partial charge in [0.15, 0.2) is 0 Å². The predicted molar refractivity (Wildman–Crippen MR) is 101 cm³/mol. The Morgan fingerprint density at radius 2 is 2.42 bits per heavy atom. The highest BCUT2D eigenvalue weighted by Crippen LogP contribution is 2.28. The topological polar surface area (TPSA) is 77.9 Å². The first-order chi connectivity index (χ1) is 12.4. The lowest BCUT2D eigenvalue weighted by molar-refractivity contribution is 0.142. The minimum atomic E-state index is -0.566. The molecule has 1 aromatic heterocycles. The van der Waals surface area contributed by atoms with Crippen molar-refractivity contribution in [2.24, 2.45) is 0 Å². The van der Waals surface area contributed by atoms with Crippen molar-refractivity contribution in [2.75, 3.05) is 29.9 Å². The second-order valence-electron chi connectivity index (χ2n) is 5.72. The average molecular weight is 396 g/mol. The average Bonchev–Trinajstić information content (AvgIpc) is 3.22. The molecule has 0 aliphatic carbocycles. The Morgan fingerprint density at radius 3 is 3.08 bits per heavy atom. The molecule has 2 N–H and O–H groups in total. The van der Waals surface area contributed by atoms with E-state index in [1.54, 1.807) is 30.3 Å². The van der Waals surface area contributed by atoms with Crippen LogP contribution in [0.25, 0.3) is 0 Å². The van der Waals surface area contributed by atoms with Gasteiger partial charge in [-0.15, -0.1) is 11.3 Å². The summed E-state index contributed by atoms with van der Waals surface area (Å²) in [4.78, 5) is 19.3. The zero-order valence-electron chi connectivity index (χ0n) is 13.9. The Kier molecular flexibility index (Phi) is 5.52. The van der Waals surface area contributed by atoms with Gasteiger partial charge >= 0.3 is 6.09 Å². The van der Waals surface area contributed by atoms with Crippen LogP contribution in [0.4, 0.5) is 20.6 Å². The standard InChI is InChI=1S/C16H17FN4O3S2/c1-20(9-14-18-4-5-26-14)13-3-2-10(6-12(13)17)21-8-11(24-16(21)23)7-19-15(22)25/h2-6,11H,7-9H2,1H3,(H2,19,22,25). The minimum absolute atomic E-state index is 0.189. The van der Waals surface area contributed by atoms with Crippen LogP contribution < -0.4 is 15.1 Å². The molecule has 0 radical (unpaired) electrons. The molecular formula is C16H17FN4O3S2. The van der Waals surface area contributed by atoms with Crippen molar-refractivity contribution in [3.8, 4) is 0 Å². The van der Waals surface area contributed by atoms with Gasteiger partial charge in [0, 0.05) is 18.6 Å². The number of hydrogen-bond acceptors (Lipinski definition) is 6. The molecular weight excluding hydrogens is 379 g/mol. The molecule has 1 aliphatic heterocycles. The number of carbonyl (C=O) groups excluding carboxylic acids is 1. The van der Waals surface area contributed by atoms with Gasteiger partial charge in [-0.1, -0.05) is 0 Å². The van der Waals surface area contributed by atoms with E-state index in [0.717, 1.165) is 5.01 Å². The number of hydrogen-bond donors (Lipinski definition) is 2. The maximum Gasteiger partial charge on any atom is 0.414 e. The zero-order valence-corrected chi connectivity index (χ0v) is 15.5. The van der Waals surface area contributed by atoms with Gasteiger partial charge in [0.25, 0.3) is 5.17 Å². The Morgan fingerprint density at radius 1 is 1.62 bits per heavy atom. The Hall–Kier alpha value is -2.46. The minimum Gasteiger partial charge on any atom is -0.487 e. The van der Waals surface area contributed by atoms with Crippen LogP contribution in [0, 0.1) is 5.82 Å². The van der Waals surface area contributed by atoms with Crippen LogP contribution in [0.15, 0.2) is 29.8 Å². The zero-order chi connectivity index (χ0) is 18.7. The van der Waals surface area contributed by atoms with Gasteiger partial charge in [-0.2, -0.15) is 0 Å². The smallest absolute Gasteiger partial charge is 0.414 e. The number of amides is 1. The second-order valence-corrected chi connectivity index (χ2v) is 7.09. The SMILES string of the molecule is CN(Cc1nccs1)c1ccc(N2CC(CNC(O)=S)OC2=O)cc1F. The number of nitrogens with zero attached hydrogens (tertiary/aromatic N) is 3. The van der Waals surface area contributed by atoms with Crippen molar-refractivity contribution in [3.63, 3.8) is 0 Å². The van der Waals surface area contributed by atoms with Gasteiger partial charge in [-0.3, -0.25) is 4.90 Å². The van der Waals surface area contributed by atoms with E-state index in [9.17, 15) is 9.18 Å². The molecule has 0 saturated carbocycles. The van der Waals surface area contributed by atoms with Crippen LogP contribution in [-0.4, -0.2) is 47.6 Å². The molecule has 0 spiro atoms. The number of ether oxygens (including phenoxy) is 1. The van der Waals surface area contributed by atoms with Crippen molar-refractivity contribution < 1.29 is 19.0 Å². The highest BCUT2D eigenvalue weighted by Gasteiger charge is 2.32. The van der Waals surface area contributed by atoms with Gasteiger partial charge < -0.3 is 20.1 Å². The fraction of sp³-hybridized carbons (Fsp3) is 0.312. The lowest BCUT2D eigenvalue weighted by Crippen LogP contribution is -2.33. The number of cyclic esters (lactones) is 1. The van der Waals surface area contributed by atoms with Gasteiger partial charge in [-0.25, -0.2) is 14.2 Å². The summed E-state index contributed by atoms with van der Waals surface area (Å²) in [5, 5.41) is 13.9. The molecule has 1 aliphatic rings. The lowest BCUT2D eigenvalue weighted by Gasteiger charge is -2.20. The number of carbonyl (C=O) groups is 1. The normalized spacial score (nSPS) is 16.5. The Bertz CT molecular complexity index is 803. The van der Waals surface area contributed by atoms with E-state index < -0.39 is 18.0 Å². The third-order valence-corrected chi connectivity index (χ3v) is 4.77. The van der Waals surface area contributed by atoms with E-state index in [0.29, 0.717) is 17.9 Å². The summed E-state index contributed by atoms with van der Waals surface area (Å²) in [6, 6.07) is 4.60. The molecule has 0 bridgehead atoms. The van der Waals surface area contributed by atoms with E-state index in [4.69, 9.17) is 9.84 Å². The maximum atomic E-state index is 14.6. The Labute approximate surface area is 159 Å². The highest BCUT2D eigenvalue weighted by atomic mass is 32.1. The van der Waals surface area contributed by atoms with Crippen molar-refractivity contribution >= 4 is 46.2 Å². The fourth-order valence-electron chi connectivity index (χ4n) is 2.63. The molecule has 7 nitrogen and oxygen atoms in total. The molecule has 1 unspecified atom stereocenters. The number of aromatic nitrogens is 1. The number of benzene rings is 1. The van der Waals surface area contributed by atoms with Gasteiger partial charge in [0.05, 0.1) is 31.0 Å². The predicted octanol–water partition coefficient (Wildman–Crippen LogP) is 2.68. The van der Waals surface area contributed by atoms with Crippen LogP contribution in [0.3, 0.4) is 0 Å². The van der Waals surface area contributed by atoms with E-state index in [1.807, 2.05) is 5.38 Å². The number of anilines is 2. The quantitative estimate of drug-likeness (QED) is 0.727. The monoisotopic (exact) mass is 396 g/mol. The highest BCUT2D eigenvalue weighted by molar-refractivity contribution is 7.79. The number of nitrogens with one attached hydrogen (secondary N) is 1. The van der Waals surface area contributed by atoms with Crippen LogP contribution in [0.5, 0.6) is 0 Å². The van der Waals surface area contributed by atoms with Crippen molar-refractivity contribution in [3.05, 3.63) is 40.6 Å². The third kappa shape index (κ3) is 4.20. The van der Waals surface area contributed by atoms with Crippen molar-refractivity contribution in [2.45, 2.75) is 12.6 Å². The summed E-state index contributed by atoms with van der Waals surface area (Å²) < 4.78 is 19.7. The molecule has 1 amide bonds. The summed E-state index contributed by atoms with van der Waals surface area (Å²) in [5.74, 6) is -0.438. The van der Waals surface area contributed by atoms with Crippen molar-refractivity contribution in [1.82, 2.24) is 10.3 Å². The van der Waals surface area contributed by atoms with Crippen LogP contribution >= 0.6 is 23.6 Å². The first kappa shape index (κ1) is 18.3. The molecule has 1 fully saturated rings. The van der Waals surface area contributed by atoms with Crippen LogP contribution in [-0.2, 0) is 11.3 Å². The summed E-state index contributed by atoms with van der Waals surface area (Å²) in [7, 11) is 1.78.